The number of benzene rings is 1. The first-order valence-electron chi connectivity index (χ1n) is 6.17. The Hall–Kier alpha value is -2.27. The minimum Gasteiger partial charge on any atom is -0.508 e. The second-order valence-corrected chi connectivity index (χ2v) is 5.13. The van der Waals surface area contributed by atoms with E-state index in [0.29, 0.717) is 22.3 Å². The fraction of sp³-hybridized carbons (Fsp3) is 0.133. The zero-order valence-corrected chi connectivity index (χ0v) is 11.6. The summed E-state index contributed by atoms with van der Waals surface area (Å²) in [6.07, 6.45) is 0. The summed E-state index contributed by atoms with van der Waals surface area (Å²) in [4.78, 5) is 13.0. The summed E-state index contributed by atoms with van der Waals surface area (Å²) in [6.45, 7) is 2.04. The Balaban J connectivity index is 2.28. The fourth-order valence-electron chi connectivity index (χ4n) is 2.07. The molecule has 0 atom stereocenters. The molecule has 4 nitrogen and oxygen atoms in total. The third kappa shape index (κ3) is 2.06. The first-order chi connectivity index (χ1) is 9.70. The largest absolute Gasteiger partial charge is 0.508 e. The van der Waals surface area contributed by atoms with Crippen molar-refractivity contribution in [3.8, 4) is 16.4 Å². The first kappa shape index (κ1) is 12.7. The number of aromatic hydroxyl groups is 1. The fourth-order valence-corrected chi connectivity index (χ4v) is 2.78. The van der Waals surface area contributed by atoms with Crippen LogP contribution in [0.15, 0.2) is 40.1 Å². The zero-order valence-electron chi connectivity index (χ0n) is 10.8. The molecule has 3 aromatic rings. The zero-order chi connectivity index (χ0) is 14.1. The van der Waals surface area contributed by atoms with E-state index in [2.05, 4.69) is 0 Å². The summed E-state index contributed by atoms with van der Waals surface area (Å²) in [5.74, 6) is 0.126. The topological polar surface area (TPSA) is 59.7 Å². The summed E-state index contributed by atoms with van der Waals surface area (Å²) >= 11 is 1.48. The number of hydrogen-bond acceptors (Lipinski definition) is 5. The van der Waals surface area contributed by atoms with Gasteiger partial charge in [-0.25, -0.2) is 4.79 Å². The number of phenols is 1. The third-order valence-corrected chi connectivity index (χ3v) is 3.76. The van der Waals surface area contributed by atoms with Gasteiger partial charge in [0, 0.05) is 5.39 Å². The van der Waals surface area contributed by atoms with Gasteiger partial charge in [0.25, 0.3) is 0 Å². The van der Waals surface area contributed by atoms with E-state index in [9.17, 15) is 9.90 Å². The number of furan rings is 1. The highest BCUT2D eigenvalue weighted by Crippen LogP contribution is 2.37. The maximum Gasteiger partial charge on any atom is 0.342 e. The number of carbonyl (C=O) groups excluding carboxylic acids is 1. The van der Waals surface area contributed by atoms with Crippen LogP contribution >= 0.6 is 11.3 Å². The van der Waals surface area contributed by atoms with E-state index in [1.165, 1.54) is 23.5 Å². The molecule has 0 amide bonds. The molecule has 102 valence electrons. The summed E-state index contributed by atoms with van der Waals surface area (Å²) in [5, 5.41) is 12.1. The molecule has 1 N–H and O–H groups in total. The molecule has 0 radical (unpaired) electrons. The smallest absolute Gasteiger partial charge is 0.342 e. The van der Waals surface area contributed by atoms with Crippen molar-refractivity contribution in [2.45, 2.75) is 6.92 Å². The number of hydrogen-bond donors (Lipinski definition) is 1. The molecule has 20 heavy (non-hydrogen) atoms. The molecule has 0 bridgehead atoms. The first-order valence-corrected chi connectivity index (χ1v) is 7.05. The Morgan fingerprint density at radius 3 is 2.95 bits per heavy atom. The van der Waals surface area contributed by atoms with Crippen LogP contribution in [-0.2, 0) is 4.74 Å². The van der Waals surface area contributed by atoms with Crippen LogP contribution in [0.3, 0.4) is 0 Å². The molecular weight excluding hydrogens is 276 g/mol. The number of rotatable bonds is 3. The van der Waals surface area contributed by atoms with E-state index in [0.717, 1.165) is 4.88 Å². The van der Waals surface area contributed by atoms with Crippen LogP contribution in [0.4, 0.5) is 0 Å². The van der Waals surface area contributed by atoms with Crippen LogP contribution < -0.4 is 0 Å². The maximum absolute atomic E-state index is 12.2. The van der Waals surface area contributed by atoms with Gasteiger partial charge in [-0.2, -0.15) is 0 Å². The van der Waals surface area contributed by atoms with Crippen molar-refractivity contribution in [3.05, 3.63) is 41.3 Å². The number of esters is 1. The van der Waals surface area contributed by atoms with Crippen LogP contribution in [-0.4, -0.2) is 17.7 Å². The number of fused-ring (bicyclic) bond motifs is 1. The summed E-state index contributed by atoms with van der Waals surface area (Å²) in [7, 11) is 0. The average Bonchev–Trinajstić information content (AvgIpc) is 3.05. The molecule has 3 rings (SSSR count). The van der Waals surface area contributed by atoms with Gasteiger partial charge in [0.2, 0.25) is 0 Å². The standard InChI is InChI=1S/C15H12O4S/c1-2-18-15(17)13-10-8-9(16)5-6-11(10)19-14(13)12-4-3-7-20-12/h3-8,16H,2H2,1H3. The van der Waals surface area contributed by atoms with Gasteiger partial charge >= 0.3 is 5.97 Å². The Morgan fingerprint density at radius 2 is 2.25 bits per heavy atom. The summed E-state index contributed by atoms with van der Waals surface area (Å²) in [6, 6.07) is 8.45. The molecular formula is C15H12O4S. The minimum atomic E-state index is -0.444. The van der Waals surface area contributed by atoms with E-state index >= 15 is 0 Å². The molecule has 0 aliphatic rings. The van der Waals surface area contributed by atoms with Gasteiger partial charge in [-0.15, -0.1) is 11.3 Å². The van der Waals surface area contributed by atoms with Crippen molar-refractivity contribution in [2.24, 2.45) is 0 Å². The SMILES string of the molecule is CCOC(=O)c1c(-c2cccs2)oc2ccc(O)cc12. The molecule has 2 heterocycles. The predicted octanol–water partition coefficient (Wildman–Crippen LogP) is 4.04. The molecule has 0 fully saturated rings. The Kier molecular flexibility index (Phi) is 3.20. The molecule has 0 aliphatic carbocycles. The molecule has 2 aromatic heterocycles. The van der Waals surface area contributed by atoms with E-state index in [1.54, 1.807) is 13.0 Å². The highest BCUT2D eigenvalue weighted by Gasteiger charge is 2.23. The van der Waals surface area contributed by atoms with Gasteiger partial charge in [0.05, 0.1) is 11.5 Å². The lowest BCUT2D eigenvalue weighted by Gasteiger charge is -2.01. The van der Waals surface area contributed by atoms with Crippen molar-refractivity contribution < 1.29 is 19.1 Å². The lowest BCUT2D eigenvalue weighted by molar-refractivity contribution is 0.0529. The van der Waals surface area contributed by atoms with E-state index in [4.69, 9.17) is 9.15 Å². The lowest BCUT2D eigenvalue weighted by atomic mass is 10.1. The second kappa shape index (κ2) is 5.02. The predicted molar refractivity (Wildman–Crippen MR) is 77.1 cm³/mol. The Morgan fingerprint density at radius 1 is 1.40 bits per heavy atom. The van der Waals surface area contributed by atoms with Gasteiger partial charge in [0.1, 0.15) is 16.9 Å². The highest BCUT2D eigenvalue weighted by molar-refractivity contribution is 7.13. The molecule has 1 aromatic carbocycles. The van der Waals surface area contributed by atoms with Crippen molar-refractivity contribution in [1.29, 1.82) is 0 Å². The van der Waals surface area contributed by atoms with Crippen molar-refractivity contribution >= 4 is 28.3 Å². The normalized spacial score (nSPS) is 10.8. The van der Waals surface area contributed by atoms with E-state index in [1.807, 2.05) is 17.5 Å². The van der Waals surface area contributed by atoms with Crippen LogP contribution in [0, 0.1) is 0 Å². The molecule has 0 saturated carbocycles. The van der Waals surface area contributed by atoms with Gasteiger partial charge in [-0.05, 0) is 36.6 Å². The molecule has 5 heteroatoms. The average molecular weight is 288 g/mol. The van der Waals surface area contributed by atoms with Gasteiger partial charge in [-0.3, -0.25) is 0 Å². The van der Waals surface area contributed by atoms with E-state index in [-0.39, 0.29) is 12.4 Å². The quantitative estimate of drug-likeness (QED) is 0.739. The third-order valence-electron chi connectivity index (χ3n) is 2.90. The number of carbonyl (C=O) groups is 1. The molecule has 0 spiro atoms. The van der Waals surface area contributed by atoms with Gasteiger partial charge < -0.3 is 14.3 Å². The van der Waals surface area contributed by atoms with E-state index < -0.39 is 5.97 Å². The van der Waals surface area contributed by atoms with Crippen LogP contribution in [0.1, 0.15) is 17.3 Å². The van der Waals surface area contributed by atoms with Crippen molar-refractivity contribution in [2.75, 3.05) is 6.61 Å². The van der Waals surface area contributed by atoms with Crippen LogP contribution in [0.25, 0.3) is 21.6 Å². The second-order valence-electron chi connectivity index (χ2n) is 4.18. The summed E-state index contributed by atoms with van der Waals surface area (Å²) < 4.78 is 10.9. The molecule has 0 unspecified atom stereocenters. The number of ether oxygens (including phenoxy) is 1. The highest BCUT2D eigenvalue weighted by atomic mass is 32.1. The monoisotopic (exact) mass is 288 g/mol. The Labute approximate surface area is 119 Å². The van der Waals surface area contributed by atoms with Crippen molar-refractivity contribution in [3.63, 3.8) is 0 Å². The number of phenolic OH excluding ortho intramolecular Hbond substituents is 1. The van der Waals surface area contributed by atoms with Gasteiger partial charge in [-0.1, -0.05) is 6.07 Å². The lowest BCUT2D eigenvalue weighted by Crippen LogP contribution is -2.04. The molecule has 0 saturated heterocycles. The number of thiophene rings is 1. The van der Waals surface area contributed by atoms with Crippen molar-refractivity contribution in [1.82, 2.24) is 0 Å². The Bertz CT molecular complexity index is 756. The van der Waals surface area contributed by atoms with Crippen LogP contribution in [0.5, 0.6) is 5.75 Å². The van der Waals surface area contributed by atoms with Crippen LogP contribution in [0.2, 0.25) is 0 Å². The minimum absolute atomic E-state index is 0.0848. The van der Waals surface area contributed by atoms with Gasteiger partial charge in [0.15, 0.2) is 5.76 Å². The summed E-state index contributed by atoms with van der Waals surface area (Å²) in [5.41, 5.74) is 0.912. The maximum atomic E-state index is 12.2. The molecule has 0 aliphatic heterocycles.